The second kappa shape index (κ2) is 13.1. The van der Waals surface area contributed by atoms with E-state index in [2.05, 4.69) is 12.2 Å². The van der Waals surface area contributed by atoms with E-state index in [1.165, 1.54) is 35.8 Å². The summed E-state index contributed by atoms with van der Waals surface area (Å²) in [4.78, 5) is 42.1. The van der Waals surface area contributed by atoms with Crippen molar-refractivity contribution in [2.45, 2.75) is 69.2 Å². The average molecular weight is 614 g/mol. The van der Waals surface area contributed by atoms with Crippen LogP contribution in [-0.2, 0) is 20.8 Å². The van der Waals surface area contributed by atoms with Gasteiger partial charge < -0.3 is 15.1 Å². The molecule has 1 N–H and O–H groups in total. The maximum absolute atomic E-state index is 14.6. The highest BCUT2D eigenvalue weighted by molar-refractivity contribution is 7.97. The molecular weight excluding hydrogens is 581 g/mol. The number of piperazine rings is 1. The molecule has 5 rings (SSSR count). The van der Waals surface area contributed by atoms with Crippen LogP contribution in [0.15, 0.2) is 41.3 Å². The Morgan fingerprint density at radius 1 is 1.07 bits per heavy atom. The molecule has 2 saturated heterocycles. The lowest BCUT2D eigenvalue weighted by Gasteiger charge is -2.54. The summed E-state index contributed by atoms with van der Waals surface area (Å²) in [7, 11) is 0. The summed E-state index contributed by atoms with van der Waals surface area (Å²) in [6.07, 6.45) is 2.67. The Hall–Kier alpha value is -2.40. The minimum Gasteiger partial charge on any atom is -0.346 e. The number of benzene rings is 2. The van der Waals surface area contributed by atoms with Crippen molar-refractivity contribution in [3.05, 3.63) is 63.6 Å². The van der Waals surface area contributed by atoms with Crippen LogP contribution in [-0.4, -0.2) is 69.7 Å². The van der Waals surface area contributed by atoms with Gasteiger partial charge in [0.15, 0.2) is 0 Å². The Bertz CT molecular complexity index is 1270. The van der Waals surface area contributed by atoms with Gasteiger partial charge in [-0.25, -0.2) is 13.1 Å². The third-order valence-corrected chi connectivity index (χ3v) is 8.97. The molecular formula is C28H32Cl2F2N4O3S. The summed E-state index contributed by atoms with van der Waals surface area (Å²) in [6, 6.07) is 6.00. The lowest BCUT2D eigenvalue weighted by atomic mass is 9.96. The van der Waals surface area contributed by atoms with E-state index in [0.29, 0.717) is 21.4 Å². The van der Waals surface area contributed by atoms with E-state index in [-0.39, 0.29) is 37.0 Å². The Balaban J connectivity index is 0.000000848. The lowest BCUT2D eigenvalue weighted by molar-refractivity contribution is -0.168. The zero-order valence-electron chi connectivity index (χ0n) is 22.5. The predicted molar refractivity (Wildman–Crippen MR) is 152 cm³/mol. The van der Waals surface area contributed by atoms with Crippen molar-refractivity contribution >= 4 is 53.4 Å². The first-order valence-electron chi connectivity index (χ1n) is 13.2. The molecule has 0 radical (unpaired) electrons. The Morgan fingerprint density at radius 2 is 1.77 bits per heavy atom. The number of fused-ring (bicyclic) bond motifs is 1. The van der Waals surface area contributed by atoms with Crippen molar-refractivity contribution in [3.63, 3.8) is 0 Å². The van der Waals surface area contributed by atoms with Gasteiger partial charge in [-0.05, 0) is 61.5 Å². The van der Waals surface area contributed by atoms with Crippen LogP contribution < -0.4 is 5.32 Å². The van der Waals surface area contributed by atoms with Crippen molar-refractivity contribution in [2.75, 3.05) is 13.1 Å². The maximum atomic E-state index is 14.6. The normalized spacial score (nSPS) is 23.1. The van der Waals surface area contributed by atoms with E-state index < -0.39 is 35.8 Å². The van der Waals surface area contributed by atoms with E-state index in [0.717, 1.165) is 18.1 Å². The summed E-state index contributed by atoms with van der Waals surface area (Å²) >= 11 is 13.7. The molecule has 216 valence electrons. The second-order valence-electron chi connectivity index (χ2n) is 10.6. The fraction of sp³-hybridized carbons (Fsp3) is 0.464. The van der Waals surface area contributed by atoms with Gasteiger partial charge in [0.05, 0.1) is 11.6 Å². The Labute approximate surface area is 247 Å². The summed E-state index contributed by atoms with van der Waals surface area (Å²) in [6.45, 7) is 6.35. The molecule has 3 unspecified atom stereocenters. The topological polar surface area (TPSA) is 73.0 Å². The number of hydrogen-bond donors (Lipinski definition) is 1. The molecule has 12 heteroatoms. The van der Waals surface area contributed by atoms with Crippen molar-refractivity contribution in [2.24, 2.45) is 5.92 Å². The van der Waals surface area contributed by atoms with Gasteiger partial charge in [0.25, 0.3) is 0 Å². The average Bonchev–Trinajstić information content (AvgIpc) is 3.68. The number of nitrogens with zero attached hydrogens (tertiary/aromatic N) is 3. The molecule has 2 aromatic rings. The largest absolute Gasteiger partial charge is 0.346 e. The summed E-state index contributed by atoms with van der Waals surface area (Å²) < 4.78 is 30.0. The molecule has 1 saturated carbocycles. The predicted octanol–water partition coefficient (Wildman–Crippen LogP) is 5.14. The van der Waals surface area contributed by atoms with Gasteiger partial charge in [-0.2, -0.15) is 0 Å². The number of carbonyl (C=O) groups is 3. The van der Waals surface area contributed by atoms with Crippen LogP contribution in [0.3, 0.4) is 0 Å². The molecule has 2 heterocycles. The highest BCUT2D eigenvalue weighted by Gasteiger charge is 2.51. The van der Waals surface area contributed by atoms with Crippen LogP contribution in [0.1, 0.15) is 39.2 Å². The van der Waals surface area contributed by atoms with Gasteiger partial charge in [-0.3, -0.25) is 14.4 Å². The van der Waals surface area contributed by atoms with Gasteiger partial charge in [-0.1, -0.05) is 49.0 Å². The molecule has 1 aliphatic carbocycles. The molecule has 40 heavy (non-hydrogen) atoms. The first-order chi connectivity index (χ1) is 19.0. The molecule has 3 aliphatic rings. The zero-order valence-corrected chi connectivity index (χ0v) is 24.8. The smallest absolute Gasteiger partial charge is 0.248 e. The fourth-order valence-corrected chi connectivity index (χ4v) is 6.21. The van der Waals surface area contributed by atoms with Crippen molar-refractivity contribution in [3.8, 4) is 0 Å². The molecule has 2 aliphatic heterocycles. The third kappa shape index (κ3) is 7.08. The fourth-order valence-electron chi connectivity index (χ4n) is 4.65. The lowest BCUT2D eigenvalue weighted by Crippen LogP contribution is -2.74. The van der Waals surface area contributed by atoms with E-state index in [4.69, 9.17) is 23.2 Å². The Kier molecular flexibility index (Phi) is 9.98. The number of amides is 3. The first kappa shape index (κ1) is 30.6. The summed E-state index contributed by atoms with van der Waals surface area (Å²) in [5.74, 6) is -1.25. The van der Waals surface area contributed by atoms with Crippen molar-refractivity contribution < 1.29 is 23.2 Å². The van der Waals surface area contributed by atoms with Crippen molar-refractivity contribution in [1.29, 1.82) is 0 Å². The van der Waals surface area contributed by atoms with Gasteiger partial charge >= 0.3 is 0 Å². The summed E-state index contributed by atoms with van der Waals surface area (Å²) in [5, 5.41) is 3.41. The van der Waals surface area contributed by atoms with E-state index >= 15 is 0 Å². The number of rotatable bonds is 7. The first-order valence-corrected chi connectivity index (χ1v) is 14.7. The Morgan fingerprint density at radius 3 is 2.35 bits per heavy atom. The third-order valence-electron chi connectivity index (χ3n) is 7.13. The molecule has 7 nitrogen and oxygen atoms in total. The van der Waals surface area contributed by atoms with Crippen LogP contribution in [0.2, 0.25) is 10.0 Å². The number of hydrogen-bond acceptors (Lipinski definition) is 5. The summed E-state index contributed by atoms with van der Waals surface area (Å²) in [5.41, 5.74) is 0.109. The SMILES string of the molecule is CC(C)N1CC2N(Sc3ccc(Cl)cc3Cl)CC(NC=O)C(=O)N2C(Cc2ccc(F)cc2F)C1=O.CC1CC1. The molecule has 0 bridgehead atoms. The van der Waals surface area contributed by atoms with Gasteiger partial charge in [0.1, 0.15) is 29.9 Å². The maximum Gasteiger partial charge on any atom is 0.248 e. The van der Waals surface area contributed by atoms with Crippen LogP contribution >= 0.6 is 35.1 Å². The molecule has 0 aromatic heterocycles. The van der Waals surface area contributed by atoms with Gasteiger partial charge in [0, 0.05) is 35.0 Å². The van der Waals surface area contributed by atoms with Gasteiger partial charge in [0.2, 0.25) is 18.2 Å². The standard InChI is InChI=1S/C24H24Cl2F2N4O3S.C4H8/c1-13(2)30-11-22-31(36-21-6-4-15(25)8-17(21)26)10-19(29-12-33)23(34)32(22)20(24(30)35)7-14-3-5-16(27)9-18(14)28;1-4-2-3-4/h3-6,8-9,12-13,19-20,22H,7,10-11H2,1-2H3,(H,29,33);4H,2-3H2,1H3. The second-order valence-corrected chi connectivity index (χ2v) is 12.5. The van der Waals surface area contributed by atoms with Crippen molar-refractivity contribution in [1.82, 2.24) is 19.4 Å². The van der Waals surface area contributed by atoms with Crippen LogP contribution in [0.5, 0.6) is 0 Å². The molecule has 0 spiro atoms. The molecule has 2 aromatic carbocycles. The van der Waals surface area contributed by atoms with Crippen LogP contribution in [0.4, 0.5) is 8.78 Å². The molecule has 3 fully saturated rings. The molecule has 3 amide bonds. The minimum atomic E-state index is -1.06. The quantitative estimate of drug-likeness (QED) is 0.346. The zero-order chi connectivity index (χ0) is 29.1. The highest BCUT2D eigenvalue weighted by Crippen LogP contribution is 2.38. The van der Waals surface area contributed by atoms with E-state index in [9.17, 15) is 23.2 Å². The van der Waals surface area contributed by atoms with Crippen LogP contribution in [0.25, 0.3) is 0 Å². The van der Waals surface area contributed by atoms with E-state index in [1.54, 1.807) is 23.1 Å². The molecule has 3 atom stereocenters. The monoisotopic (exact) mass is 612 g/mol. The van der Waals surface area contributed by atoms with E-state index in [1.807, 2.05) is 18.2 Å². The number of halogens is 4. The van der Waals surface area contributed by atoms with Gasteiger partial charge in [-0.15, -0.1) is 0 Å². The highest BCUT2D eigenvalue weighted by atomic mass is 35.5. The minimum absolute atomic E-state index is 0.109. The number of carbonyl (C=O) groups excluding carboxylic acids is 3. The number of nitrogens with one attached hydrogen (secondary N) is 1. The van der Waals surface area contributed by atoms with Crippen LogP contribution in [0, 0.1) is 17.6 Å².